The minimum Gasteiger partial charge on any atom is -0.493 e. The number of aryl methyl sites for hydroxylation is 1. The molecule has 5 rings (SSSR count). The van der Waals surface area contributed by atoms with Gasteiger partial charge in [0.05, 0.1) is 48.9 Å². The molecule has 0 spiro atoms. The fourth-order valence-electron chi connectivity index (χ4n) is 4.88. The SMILES string of the molecule is COC(=O)CCc1cnc(CC2SC(c3cccc(OC)c3OC)c3cc(Cl)ccc3-n3c(CC(F)(F)F)nnc32)s1. The number of alkyl halides is 3. The van der Waals surface area contributed by atoms with E-state index in [9.17, 15) is 18.0 Å². The minimum absolute atomic E-state index is 0.220. The first-order valence-electron chi connectivity index (χ1n) is 12.8. The fraction of sp³-hybridized carbons (Fsp3) is 0.357. The number of carbonyl (C=O) groups excluding carboxylic acids is 1. The molecule has 4 aromatic rings. The van der Waals surface area contributed by atoms with Crippen molar-refractivity contribution >= 4 is 40.7 Å². The molecule has 0 aliphatic carbocycles. The van der Waals surface area contributed by atoms with Gasteiger partial charge in [0.2, 0.25) is 0 Å². The van der Waals surface area contributed by atoms with Gasteiger partial charge < -0.3 is 14.2 Å². The number of rotatable bonds is 9. The average Bonchev–Trinajstić information content (AvgIpc) is 3.56. The number of para-hydroxylation sites is 1. The highest BCUT2D eigenvalue weighted by atomic mass is 35.5. The molecule has 0 amide bonds. The van der Waals surface area contributed by atoms with Crippen LogP contribution in [0.25, 0.3) is 5.69 Å². The first kappa shape index (κ1) is 30.2. The van der Waals surface area contributed by atoms with Crippen molar-refractivity contribution in [2.75, 3.05) is 21.3 Å². The van der Waals surface area contributed by atoms with Crippen LogP contribution in [0.2, 0.25) is 5.02 Å². The van der Waals surface area contributed by atoms with E-state index in [1.54, 1.807) is 44.7 Å². The Hall–Kier alpha value is -3.29. The number of thiazole rings is 1. The predicted molar refractivity (Wildman–Crippen MR) is 154 cm³/mol. The van der Waals surface area contributed by atoms with E-state index >= 15 is 0 Å². The van der Waals surface area contributed by atoms with E-state index in [1.165, 1.54) is 34.8 Å². The van der Waals surface area contributed by atoms with Crippen molar-refractivity contribution in [2.45, 2.75) is 42.4 Å². The molecule has 2 aromatic heterocycles. The zero-order chi connectivity index (χ0) is 30.0. The zero-order valence-electron chi connectivity index (χ0n) is 22.8. The van der Waals surface area contributed by atoms with E-state index in [0.29, 0.717) is 46.4 Å². The summed E-state index contributed by atoms with van der Waals surface area (Å²) in [6.45, 7) is 0. The topological polar surface area (TPSA) is 88.4 Å². The Morgan fingerprint density at radius 1 is 1.10 bits per heavy atom. The number of hydrogen-bond acceptors (Lipinski definition) is 9. The average molecular weight is 639 g/mol. The van der Waals surface area contributed by atoms with Crippen molar-refractivity contribution in [1.82, 2.24) is 19.7 Å². The number of nitrogens with zero attached hydrogens (tertiary/aromatic N) is 4. The largest absolute Gasteiger partial charge is 0.493 e. The molecule has 0 bridgehead atoms. The molecule has 0 radical (unpaired) electrons. The van der Waals surface area contributed by atoms with Crippen LogP contribution < -0.4 is 9.47 Å². The van der Waals surface area contributed by atoms with E-state index in [0.717, 1.165) is 15.4 Å². The third kappa shape index (κ3) is 6.37. The van der Waals surface area contributed by atoms with Gasteiger partial charge in [-0.3, -0.25) is 9.36 Å². The van der Waals surface area contributed by atoms with E-state index in [2.05, 4.69) is 15.2 Å². The molecule has 3 heterocycles. The summed E-state index contributed by atoms with van der Waals surface area (Å²) in [5, 5.41) is 8.60. The Balaban J connectivity index is 1.64. The summed E-state index contributed by atoms with van der Waals surface area (Å²) in [5.41, 5.74) is 1.95. The van der Waals surface area contributed by atoms with E-state index in [-0.39, 0.29) is 18.2 Å². The third-order valence-corrected chi connectivity index (χ3v) is 9.50. The van der Waals surface area contributed by atoms with E-state index in [4.69, 9.17) is 25.8 Å². The second-order valence-corrected chi connectivity index (χ2v) is 12.3. The number of aromatic nitrogens is 4. The van der Waals surface area contributed by atoms with Crippen LogP contribution >= 0.6 is 34.7 Å². The lowest BCUT2D eigenvalue weighted by atomic mass is 10.0. The quantitative estimate of drug-likeness (QED) is 0.187. The summed E-state index contributed by atoms with van der Waals surface area (Å²) in [5.74, 6) is 0.865. The van der Waals surface area contributed by atoms with Gasteiger partial charge in [0.1, 0.15) is 12.2 Å². The highest BCUT2D eigenvalue weighted by Gasteiger charge is 2.38. The second kappa shape index (κ2) is 12.5. The molecule has 0 fully saturated rings. The maximum Gasteiger partial charge on any atom is 0.396 e. The lowest BCUT2D eigenvalue weighted by molar-refractivity contribution is -0.140. The summed E-state index contributed by atoms with van der Waals surface area (Å²) in [6.07, 6.45) is -2.98. The Bertz CT molecular complexity index is 1590. The van der Waals surface area contributed by atoms with Gasteiger partial charge in [0.15, 0.2) is 17.3 Å². The van der Waals surface area contributed by atoms with Crippen LogP contribution in [-0.4, -0.2) is 53.2 Å². The molecule has 0 saturated carbocycles. The Labute approximate surface area is 253 Å². The second-order valence-electron chi connectivity index (χ2n) is 9.39. The molecule has 222 valence electrons. The first-order chi connectivity index (χ1) is 20.1. The van der Waals surface area contributed by atoms with Crippen molar-refractivity contribution in [3.63, 3.8) is 0 Å². The summed E-state index contributed by atoms with van der Waals surface area (Å²) >= 11 is 9.40. The van der Waals surface area contributed by atoms with Crippen molar-refractivity contribution in [3.05, 3.63) is 80.3 Å². The van der Waals surface area contributed by atoms with Crippen LogP contribution in [0, 0.1) is 0 Å². The van der Waals surface area contributed by atoms with Gasteiger partial charge >= 0.3 is 12.1 Å². The van der Waals surface area contributed by atoms with Crippen molar-refractivity contribution < 1.29 is 32.2 Å². The maximum atomic E-state index is 13.7. The van der Waals surface area contributed by atoms with Crippen molar-refractivity contribution in [2.24, 2.45) is 0 Å². The number of thioether (sulfide) groups is 1. The normalized spacial score (nSPS) is 16.4. The molecule has 2 unspecified atom stereocenters. The summed E-state index contributed by atoms with van der Waals surface area (Å²) in [7, 11) is 4.42. The molecule has 42 heavy (non-hydrogen) atoms. The summed E-state index contributed by atoms with van der Waals surface area (Å²) in [6, 6.07) is 10.6. The highest BCUT2D eigenvalue weighted by Crippen LogP contribution is 2.54. The molecular formula is C28H26ClF3N4O4S2. The number of esters is 1. The number of hydrogen-bond donors (Lipinski definition) is 0. The predicted octanol–water partition coefficient (Wildman–Crippen LogP) is 6.72. The van der Waals surface area contributed by atoms with Crippen LogP contribution in [0.5, 0.6) is 11.5 Å². The molecule has 14 heteroatoms. The van der Waals surface area contributed by atoms with Crippen LogP contribution in [0.4, 0.5) is 13.2 Å². The van der Waals surface area contributed by atoms with Gasteiger partial charge in [-0.25, -0.2) is 4.98 Å². The molecule has 1 aliphatic rings. The minimum atomic E-state index is -4.50. The Kier molecular flexibility index (Phi) is 9.00. The van der Waals surface area contributed by atoms with Gasteiger partial charge in [-0.05, 0) is 36.2 Å². The van der Waals surface area contributed by atoms with Gasteiger partial charge in [-0.15, -0.1) is 33.3 Å². The van der Waals surface area contributed by atoms with Gasteiger partial charge in [0, 0.05) is 28.1 Å². The smallest absolute Gasteiger partial charge is 0.396 e. The van der Waals surface area contributed by atoms with Gasteiger partial charge in [-0.2, -0.15) is 13.2 Å². The van der Waals surface area contributed by atoms with Crippen LogP contribution in [0.3, 0.4) is 0 Å². The summed E-state index contributed by atoms with van der Waals surface area (Å²) in [4.78, 5) is 17.1. The molecule has 8 nitrogen and oxygen atoms in total. The summed E-state index contributed by atoms with van der Waals surface area (Å²) < 4.78 is 58.6. The number of carbonyl (C=O) groups is 1. The maximum absolute atomic E-state index is 13.7. The highest BCUT2D eigenvalue weighted by molar-refractivity contribution is 8.00. The Morgan fingerprint density at radius 3 is 2.62 bits per heavy atom. The van der Waals surface area contributed by atoms with Crippen LogP contribution in [-0.2, 0) is 28.8 Å². The molecular weight excluding hydrogens is 613 g/mol. The van der Waals surface area contributed by atoms with Gasteiger partial charge in [-0.1, -0.05) is 23.7 Å². The molecule has 1 aliphatic heterocycles. The van der Waals surface area contributed by atoms with Crippen LogP contribution in [0.15, 0.2) is 42.6 Å². The monoisotopic (exact) mass is 638 g/mol. The standard InChI is InChI=1S/C28H26ClF3N4O4S2/c1-38-20-6-4-5-17(25(20)40-3)26-18-11-15(29)7-9-19(18)36-22(13-28(30,31)32)34-35-27(36)21(42-26)12-23-33-14-16(41-23)8-10-24(37)39-2/h4-7,9,11,14,21,26H,8,10,12-13H2,1-3H3. The fourth-order valence-corrected chi connectivity index (χ4v) is 7.65. The zero-order valence-corrected chi connectivity index (χ0v) is 25.2. The molecule has 0 saturated heterocycles. The molecule has 2 atom stereocenters. The third-order valence-electron chi connectivity index (χ3n) is 6.70. The number of methoxy groups -OCH3 is 3. The lowest BCUT2D eigenvalue weighted by Gasteiger charge is -2.23. The molecule has 2 aromatic carbocycles. The van der Waals surface area contributed by atoms with E-state index < -0.39 is 23.1 Å². The lowest BCUT2D eigenvalue weighted by Crippen LogP contribution is -2.17. The van der Waals surface area contributed by atoms with Crippen LogP contribution in [0.1, 0.15) is 49.6 Å². The number of fused-ring (bicyclic) bond motifs is 3. The Morgan fingerprint density at radius 2 is 1.90 bits per heavy atom. The number of ether oxygens (including phenoxy) is 3. The van der Waals surface area contributed by atoms with Crippen molar-refractivity contribution in [3.8, 4) is 17.2 Å². The molecule has 0 N–H and O–H groups in total. The van der Waals surface area contributed by atoms with Crippen molar-refractivity contribution in [1.29, 1.82) is 0 Å². The number of halogens is 4. The van der Waals surface area contributed by atoms with Gasteiger partial charge in [0.25, 0.3) is 0 Å². The number of benzene rings is 2. The first-order valence-corrected chi connectivity index (χ1v) is 14.9. The van der Waals surface area contributed by atoms with E-state index in [1.807, 2.05) is 12.1 Å².